The van der Waals surface area contributed by atoms with Crippen molar-refractivity contribution in [3.05, 3.63) is 46.1 Å². The normalized spacial score (nSPS) is 13.4. The van der Waals surface area contributed by atoms with Gasteiger partial charge in [-0.2, -0.15) is 4.98 Å². The van der Waals surface area contributed by atoms with Crippen molar-refractivity contribution in [2.45, 2.75) is 20.0 Å². The van der Waals surface area contributed by atoms with Crippen molar-refractivity contribution in [3.8, 4) is 5.88 Å². The highest BCUT2D eigenvalue weighted by Crippen LogP contribution is 2.35. The Labute approximate surface area is 190 Å². The minimum absolute atomic E-state index is 0.00522. The summed E-state index contributed by atoms with van der Waals surface area (Å²) < 4.78 is 37.6. The lowest BCUT2D eigenvalue weighted by Gasteiger charge is -2.19. The number of ether oxygens (including phenoxy) is 2. The van der Waals surface area contributed by atoms with Crippen LogP contribution in [0, 0.1) is 6.92 Å². The zero-order valence-electron chi connectivity index (χ0n) is 18.0. The summed E-state index contributed by atoms with van der Waals surface area (Å²) in [6.45, 7) is 2.45. The predicted octanol–water partition coefficient (Wildman–Crippen LogP) is 2.28. The van der Waals surface area contributed by atoms with Crippen LogP contribution in [0.5, 0.6) is 5.88 Å². The van der Waals surface area contributed by atoms with Gasteiger partial charge in [0.05, 0.1) is 28.8 Å². The van der Waals surface area contributed by atoms with E-state index in [1.807, 2.05) is 24.3 Å². The van der Waals surface area contributed by atoms with Gasteiger partial charge in [0.25, 0.3) is 5.91 Å². The van der Waals surface area contributed by atoms with Gasteiger partial charge in [-0.3, -0.25) is 9.10 Å². The van der Waals surface area contributed by atoms with Crippen molar-refractivity contribution >= 4 is 43.2 Å². The van der Waals surface area contributed by atoms with Gasteiger partial charge < -0.3 is 14.8 Å². The number of fused-ring (bicyclic) bond motifs is 2. The number of nitrogens with one attached hydrogen (secondary N) is 1. The van der Waals surface area contributed by atoms with Crippen LogP contribution in [0.4, 0.5) is 5.69 Å². The SMILES string of the molecule is COCc1nc(OC)c2c(C)c(C(=O)NCCS(=O)(=O)N3CCc4ccccc43)sc2n1. The summed E-state index contributed by atoms with van der Waals surface area (Å²) >= 11 is 1.22. The molecule has 0 aliphatic carbocycles. The van der Waals surface area contributed by atoms with Crippen LogP contribution < -0.4 is 14.4 Å². The Morgan fingerprint density at radius 3 is 2.78 bits per heavy atom. The molecule has 170 valence electrons. The first kappa shape index (κ1) is 22.4. The van der Waals surface area contributed by atoms with E-state index < -0.39 is 10.0 Å². The molecular weight excluding hydrogens is 452 g/mol. The summed E-state index contributed by atoms with van der Waals surface area (Å²) in [5.41, 5.74) is 2.43. The Bertz CT molecular complexity index is 1270. The Balaban J connectivity index is 1.48. The molecule has 4 rings (SSSR count). The van der Waals surface area contributed by atoms with Gasteiger partial charge in [0.15, 0.2) is 5.82 Å². The fourth-order valence-electron chi connectivity index (χ4n) is 3.78. The number of carbonyl (C=O) groups is 1. The number of sulfonamides is 1. The van der Waals surface area contributed by atoms with Crippen molar-refractivity contribution in [1.82, 2.24) is 15.3 Å². The Morgan fingerprint density at radius 1 is 1.25 bits per heavy atom. The number of nitrogens with zero attached hydrogens (tertiary/aromatic N) is 3. The number of benzene rings is 1. The quantitative estimate of drug-likeness (QED) is 0.531. The maximum atomic E-state index is 12.8. The third kappa shape index (κ3) is 4.15. The first-order chi connectivity index (χ1) is 15.4. The molecule has 9 nitrogen and oxygen atoms in total. The molecule has 32 heavy (non-hydrogen) atoms. The maximum absolute atomic E-state index is 12.8. The monoisotopic (exact) mass is 476 g/mol. The van der Waals surface area contributed by atoms with Crippen molar-refractivity contribution in [1.29, 1.82) is 0 Å². The third-order valence-corrected chi connectivity index (χ3v) is 8.26. The van der Waals surface area contributed by atoms with E-state index in [1.54, 1.807) is 14.0 Å². The Morgan fingerprint density at radius 2 is 2.03 bits per heavy atom. The van der Waals surface area contributed by atoms with E-state index in [0.29, 0.717) is 45.3 Å². The standard InChI is InChI=1S/C21H24N4O5S2/c1-13-17-20(30-3)23-16(12-29-2)24-21(17)31-18(13)19(26)22-9-11-32(27,28)25-10-8-14-6-4-5-7-15(14)25/h4-7H,8-12H2,1-3H3,(H,22,26). The van der Waals surface area contributed by atoms with E-state index in [9.17, 15) is 13.2 Å². The first-order valence-electron chi connectivity index (χ1n) is 10.0. The highest BCUT2D eigenvalue weighted by molar-refractivity contribution is 7.92. The minimum Gasteiger partial charge on any atom is -0.480 e. The lowest BCUT2D eigenvalue weighted by atomic mass is 10.2. The van der Waals surface area contributed by atoms with Crippen LogP contribution in [-0.4, -0.2) is 57.4 Å². The largest absolute Gasteiger partial charge is 0.480 e. The summed E-state index contributed by atoms with van der Waals surface area (Å²) in [5, 5.41) is 3.40. The minimum atomic E-state index is -3.54. The average Bonchev–Trinajstić information content (AvgIpc) is 3.35. The van der Waals surface area contributed by atoms with Crippen LogP contribution in [0.1, 0.15) is 26.6 Å². The molecule has 0 spiro atoms. The van der Waals surface area contributed by atoms with Gasteiger partial charge in [-0.05, 0) is 30.5 Å². The fraction of sp³-hybridized carbons (Fsp3) is 0.381. The van der Waals surface area contributed by atoms with Crippen LogP contribution >= 0.6 is 11.3 Å². The topological polar surface area (TPSA) is 111 Å². The van der Waals surface area contributed by atoms with Gasteiger partial charge in [0, 0.05) is 20.2 Å². The molecule has 1 aliphatic heterocycles. The van der Waals surface area contributed by atoms with Crippen LogP contribution in [0.2, 0.25) is 0 Å². The van der Waals surface area contributed by atoms with Crippen molar-refractivity contribution in [3.63, 3.8) is 0 Å². The number of aryl methyl sites for hydroxylation is 1. The van der Waals surface area contributed by atoms with E-state index in [1.165, 1.54) is 22.8 Å². The number of para-hydroxylation sites is 1. The van der Waals surface area contributed by atoms with Crippen LogP contribution in [0.25, 0.3) is 10.2 Å². The lowest BCUT2D eigenvalue weighted by molar-refractivity contribution is 0.0959. The third-order valence-electron chi connectivity index (χ3n) is 5.30. The van der Waals surface area contributed by atoms with Crippen molar-refractivity contribution < 1.29 is 22.7 Å². The molecule has 0 atom stereocenters. The van der Waals surface area contributed by atoms with E-state index in [2.05, 4.69) is 15.3 Å². The van der Waals surface area contributed by atoms with Gasteiger partial charge >= 0.3 is 0 Å². The van der Waals surface area contributed by atoms with Gasteiger partial charge in [-0.15, -0.1) is 11.3 Å². The maximum Gasteiger partial charge on any atom is 0.261 e. The van der Waals surface area contributed by atoms with Crippen LogP contribution in [0.15, 0.2) is 24.3 Å². The van der Waals surface area contributed by atoms with E-state index in [4.69, 9.17) is 9.47 Å². The molecule has 0 saturated heterocycles. The van der Waals surface area contributed by atoms with E-state index in [-0.39, 0.29) is 24.8 Å². The van der Waals surface area contributed by atoms with Gasteiger partial charge in [-0.25, -0.2) is 13.4 Å². The highest BCUT2D eigenvalue weighted by atomic mass is 32.2. The average molecular weight is 477 g/mol. The number of anilines is 1. The number of aromatic nitrogens is 2. The van der Waals surface area contributed by atoms with Gasteiger partial charge in [0.1, 0.15) is 11.4 Å². The summed E-state index contributed by atoms with van der Waals surface area (Å²) in [7, 11) is -0.483. The molecule has 11 heteroatoms. The molecule has 0 radical (unpaired) electrons. The highest BCUT2D eigenvalue weighted by Gasteiger charge is 2.29. The molecule has 2 aromatic heterocycles. The van der Waals surface area contributed by atoms with Crippen molar-refractivity contribution in [2.24, 2.45) is 0 Å². The molecule has 0 fully saturated rings. The van der Waals surface area contributed by atoms with Crippen molar-refractivity contribution in [2.75, 3.05) is 37.4 Å². The molecular formula is C21H24N4O5S2. The number of rotatable bonds is 8. The molecule has 1 aromatic carbocycles. The molecule has 0 bridgehead atoms. The van der Waals surface area contributed by atoms with Crippen LogP contribution in [-0.2, 0) is 27.8 Å². The molecule has 1 aliphatic rings. The van der Waals surface area contributed by atoms with E-state index >= 15 is 0 Å². The number of carbonyl (C=O) groups excluding carboxylic acids is 1. The van der Waals surface area contributed by atoms with Gasteiger partial charge in [-0.1, -0.05) is 18.2 Å². The first-order valence-corrected chi connectivity index (χ1v) is 12.5. The second-order valence-corrected chi connectivity index (χ2v) is 10.4. The second-order valence-electron chi connectivity index (χ2n) is 7.34. The van der Waals surface area contributed by atoms with Crippen LogP contribution in [0.3, 0.4) is 0 Å². The lowest BCUT2D eigenvalue weighted by Crippen LogP contribution is -2.36. The predicted molar refractivity (Wildman–Crippen MR) is 123 cm³/mol. The number of hydrogen-bond acceptors (Lipinski definition) is 8. The zero-order chi connectivity index (χ0) is 22.9. The molecule has 3 aromatic rings. The number of hydrogen-bond donors (Lipinski definition) is 1. The number of thiophene rings is 1. The van der Waals surface area contributed by atoms with E-state index in [0.717, 1.165) is 11.3 Å². The molecule has 1 N–H and O–H groups in total. The van der Waals surface area contributed by atoms with Gasteiger partial charge in [0.2, 0.25) is 15.9 Å². The summed E-state index contributed by atoms with van der Waals surface area (Å²) in [4.78, 5) is 22.7. The Hall–Kier alpha value is -2.76. The number of methoxy groups -OCH3 is 2. The summed E-state index contributed by atoms with van der Waals surface area (Å²) in [6.07, 6.45) is 0.691. The molecule has 3 heterocycles. The molecule has 0 unspecified atom stereocenters. The number of amides is 1. The summed E-state index contributed by atoms with van der Waals surface area (Å²) in [6, 6.07) is 7.48. The Kier molecular flexibility index (Phi) is 6.31. The fourth-order valence-corrected chi connectivity index (χ4v) is 6.32. The second kappa shape index (κ2) is 9.00. The molecule has 1 amide bonds. The smallest absolute Gasteiger partial charge is 0.261 e. The zero-order valence-corrected chi connectivity index (χ0v) is 19.7. The summed E-state index contributed by atoms with van der Waals surface area (Å²) in [5.74, 6) is 0.308. The molecule has 0 saturated carbocycles.